The normalized spacial score (nSPS) is 7.27. The maximum atomic E-state index is 5.59. The van der Waals surface area contributed by atoms with E-state index in [0.29, 0.717) is 0 Å². The van der Waals surface area contributed by atoms with Gasteiger partial charge in [-0.1, -0.05) is 73.6 Å². The Hall–Kier alpha value is -1.96. The van der Waals surface area contributed by atoms with Gasteiger partial charge in [-0.15, -0.1) is 0 Å². The van der Waals surface area contributed by atoms with Crippen LogP contribution in [0.2, 0.25) is 0 Å². The van der Waals surface area contributed by atoms with Crippen LogP contribution in [0, 0.1) is 0 Å². The first-order valence-electron chi connectivity index (χ1n) is 8.52. The highest BCUT2D eigenvalue weighted by molar-refractivity contribution is 5.61. The molecule has 126 valence electrons. The summed E-state index contributed by atoms with van der Waals surface area (Å²) in [4.78, 5) is 0. The van der Waals surface area contributed by atoms with Crippen LogP contribution in [0.5, 0.6) is 0 Å². The lowest BCUT2D eigenvalue weighted by molar-refractivity contribution is 1.50. The Kier molecular flexibility index (Phi) is 24.3. The lowest BCUT2D eigenvalue weighted by Crippen LogP contribution is -1.90. The Morgan fingerprint density at radius 3 is 1.32 bits per heavy atom. The van der Waals surface area contributed by atoms with Crippen molar-refractivity contribution in [3.05, 3.63) is 54.6 Å². The summed E-state index contributed by atoms with van der Waals surface area (Å²) in [6.07, 6.45) is 0. The summed E-state index contributed by atoms with van der Waals surface area (Å²) < 4.78 is 0. The Morgan fingerprint density at radius 1 is 0.545 bits per heavy atom. The first-order valence-corrected chi connectivity index (χ1v) is 8.52. The van der Waals surface area contributed by atoms with E-state index in [1.807, 2.05) is 110 Å². The second-order valence-electron chi connectivity index (χ2n) is 3.11. The zero-order valence-corrected chi connectivity index (χ0v) is 15.8. The Labute approximate surface area is 138 Å². The summed E-state index contributed by atoms with van der Waals surface area (Å²) in [6.45, 7) is 16.0. The molecule has 0 aliphatic carbocycles. The number of nitrogens with one attached hydrogen (secondary N) is 1. The molecule has 0 spiro atoms. The molecule has 0 aliphatic rings. The van der Waals surface area contributed by atoms with E-state index in [9.17, 15) is 0 Å². The van der Waals surface area contributed by atoms with Gasteiger partial charge in [-0.05, 0) is 36.4 Å². The van der Waals surface area contributed by atoms with E-state index in [1.165, 1.54) is 0 Å². The monoisotopic (exact) mass is 304 g/mol. The predicted molar refractivity (Wildman–Crippen MR) is 106 cm³/mol. The molecule has 2 rings (SSSR count). The van der Waals surface area contributed by atoms with Gasteiger partial charge in [0.1, 0.15) is 0 Å². The van der Waals surface area contributed by atoms with Crippen LogP contribution in [-0.4, -0.2) is 0 Å². The zero-order valence-electron chi connectivity index (χ0n) is 15.8. The van der Waals surface area contributed by atoms with Crippen molar-refractivity contribution in [1.29, 1.82) is 0 Å². The van der Waals surface area contributed by atoms with Crippen LogP contribution >= 0.6 is 0 Å². The number of rotatable bonds is 2. The smallest absolute Gasteiger partial charge is 0.0385 e. The maximum Gasteiger partial charge on any atom is 0.0385 e. The molecule has 22 heavy (non-hydrogen) atoms. The quantitative estimate of drug-likeness (QED) is 0.580. The molecule has 2 heteroatoms. The van der Waals surface area contributed by atoms with Gasteiger partial charge in [-0.25, -0.2) is 0 Å². The molecule has 0 fully saturated rings. The van der Waals surface area contributed by atoms with Gasteiger partial charge in [0.15, 0.2) is 0 Å². The van der Waals surface area contributed by atoms with Gasteiger partial charge >= 0.3 is 0 Å². The number of benzene rings is 2. The largest absolute Gasteiger partial charge is 0.399 e. The summed E-state index contributed by atoms with van der Waals surface area (Å²) >= 11 is 0. The third-order valence-electron chi connectivity index (χ3n) is 1.97. The number of nitrogen functional groups attached to an aromatic ring is 1. The molecule has 0 saturated carbocycles. The fourth-order valence-corrected chi connectivity index (χ4v) is 1.25. The first-order chi connectivity index (χ1) is 10.8. The number of hydrogen-bond donors (Lipinski definition) is 2. The lowest BCUT2D eigenvalue weighted by atomic mass is 10.2. The predicted octanol–water partition coefficient (Wildman–Crippen LogP) is 7.12. The van der Waals surface area contributed by atoms with Gasteiger partial charge < -0.3 is 11.1 Å². The highest BCUT2D eigenvalue weighted by Crippen LogP contribution is 2.16. The third kappa shape index (κ3) is 13.0. The summed E-state index contributed by atoms with van der Waals surface area (Å²) in [5.41, 5.74) is 8.50. The molecule has 2 aromatic rings. The van der Waals surface area contributed by atoms with Crippen molar-refractivity contribution in [2.24, 2.45) is 0 Å². The topological polar surface area (TPSA) is 38.0 Å². The molecular formula is C20H36N2. The average molecular weight is 305 g/mol. The van der Waals surface area contributed by atoms with Crippen molar-refractivity contribution in [3.8, 4) is 0 Å². The zero-order chi connectivity index (χ0) is 17.8. The standard InChI is InChI=1S/C12H12N2.4C2H6/c13-10-6-8-12(9-7-10)14-11-4-2-1-3-5-11;4*1-2/h1-9,14H,13H2;4*1-2H3. The summed E-state index contributed by atoms with van der Waals surface area (Å²) in [5, 5.41) is 3.28. The van der Waals surface area contributed by atoms with Crippen LogP contribution in [0.1, 0.15) is 55.4 Å². The number of hydrogen-bond acceptors (Lipinski definition) is 2. The van der Waals surface area contributed by atoms with Crippen molar-refractivity contribution in [2.75, 3.05) is 11.1 Å². The summed E-state index contributed by atoms with van der Waals surface area (Å²) in [7, 11) is 0. The lowest BCUT2D eigenvalue weighted by Gasteiger charge is -2.05. The van der Waals surface area contributed by atoms with Crippen molar-refractivity contribution in [1.82, 2.24) is 0 Å². The minimum atomic E-state index is 0.781. The summed E-state index contributed by atoms with van der Waals surface area (Å²) in [6, 6.07) is 17.7. The average Bonchev–Trinajstić information content (AvgIpc) is 2.65. The highest BCUT2D eigenvalue weighted by Gasteiger charge is 1.92. The van der Waals surface area contributed by atoms with Crippen LogP contribution in [0.15, 0.2) is 54.6 Å². The SMILES string of the molecule is CC.CC.CC.CC.Nc1ccc(Nc2ccccc2)cc1. The molecule has 0 heterocycles. The van der Waals surface area contributed by atoms with Gasteiger partial charge in [0, 0.05) is 17.1 Å². The molecule has 2 nitrogen and oxygen atoms in total. The molecule has 0 saturated heterocycles. The van der Waals surface area contributed by atoms with Crippen LogP contribution in [-0.2, 0) is 0 Å². The molecular weight excluding hydrogens is 268 g/mol. The second kappa shape index (κ2) is 21.3. The number of para-hydroxylation sites is 1. The van der Waals surface area contributed by atoms with Crippen LogP contribution in [0.3, 0.4) is 0 Å². The molecule has 0 unspecified atom stereocenters. The van der Waals surface area contributed by atoms with Gasteiger partial charge in [-0.2, -0.15) is 0 Å². The number of nitrogens with two attached hydrogens (primary N) is 1. The molecule has 0 bridgehead atoms. The fraction of sp³-hybridized carbons (Fsp3) is 0.400. The van der Waals surface area contributed by atoms with Crippen molar-refractivity contribution < 1.29 is 0 Å². The van der Waals surface area contributed by atoms with E-state index >= 15 is 0 Å². The van der Waals surface area contributed by atoms with E-state index < -0.39 is 0 Å². The van der Waals surface area contributed by atoms with Crippen LogP contribution in [0.25, 0.3) is 0 Å². The van der Waals surface area contributed by atoms with Crippen molar-refractivity contribution in [2.45, 2.75) is 55.4 Å². The van der Waals surface area contributed by atoms with Crippen LogP contribution in [0.4, 0.5) is 17.1 Å². The van der Waals surface area contributed by atoms with E-state index in [-0.39, 0.29) is 0 Å². The molecule has 0 radical (unpaired) electrons. The molecule has 0 atom stereocenters. The fourth-order valence-electron chi connectivity index (χ4n) is 1.25. The molecule has 3 N–H and O–H groups in total. The van der Waals surface area contributed by atoms with Gasteiger partial charge in [0.05, 0.1) is 0 Å². The molecule has 0 aromatic heterocycles. The van der Waals surface area contributed by atoms with Crippen LogP contribution < -0.4 is 11.1 Å². The first kappa shape index (κ1) is 25.0. The Balaban J connectivity index is -0.000000394. The van der Waals surface area contributed by atoms with E-state index in [4.69, 9.17) is 5.73 Å². The molecule has 0 amide bonds. The Bertz CT molecular complexity index is 394. The van der Waals surface area contributed by atoms with Gasteiger partial charge in [0.25, 0.3) is 0 Å². The number of anilines is 3. The maximum absolute atomic E-state index is 5.59. The van der Waals surface area contributed by atoms with Crippen molar-refractivity contribution >= 4 is 17.1 Å². The third-order valence-corrected chi connectivity index (χ3v) is 1.97. The molecule has 0 aliphatic heterocycles. The van der Waals surface area contributed by atoms with Gasteiger partial charge in [-0.3, -0.25) is 0 Å². The van der Waals surface area contributed by atoms with Gasteiger partial charge in [0.2, 0.25) is 0 Å². The second-order valence-corrected chi connectivity index (χ2v) is 3.11. The molecule has 2 aromatic carbocycles. The minimum absolute atomic E-state index is 0.781. The van der Waals surface area contributed by atoms with E-state index in [2.05, 4.69) is 5.32 Å². The summed E-state index contributed by atoms with van der Waals surface area (Å²) in [5.74, 6) is 0. The highest BCUT2D eigenvalue weighted by atomic mass is 14.9. The van der Waals surface area contributed by atoms with Crippen molar-refractivity contribution in [3.63, 3.8) is 0 Å². The van der Waals surface area contributed by atoms with E-state index in [0.717, 1.165) is 17.1 Å². The van der Waals surface area contributed by atoms with E-state index in [1.54, 1.807) is 0 Å². The Morgan fingerprint density at radius 2 is 0.909 bits per heavy atom. The minimum Gasteiger partial charge on any atom is -0.399 e.